The van der Waals surface area contributed by atoms with Crippen LogP contribution in [-0.2, 0) is 0 Å². The van der Waals surface area contributed by atoms with Gasteiger partial charge in [0.2, 0.25) is 0 Å². The maximum atomic E-state index is 4.68. The van der Waals surface area contributed by atoms with E-state index in [1.807, 2.05) is 6.07 Å². The van der Waals surface area contributed by atoms with Crippen LogP contribution in [0.15, 0.2) is 24.3 Å². The number of benzene rings is 1. The molecule has 0 spiro atoms. The fourth-order valence-electron chi connectivity index (χ4n) is 2.36. The Morgan fingerprint density at radius 1 is 1.44 bits per heavy atom. The number of hydrogen-bond acceptors (Lipinski definition) is 4. The standard InChI is InChI=1S/C13H17N3S.ClH/c1-16(9-10-6-7-14-8-10)13-15-11-4-2-3-5-12(11)17-13;/h2-5,10,14H,6-9H2,1H3;1H. The van der Waals surface area contributed by atoms with E-state index < -0.39 is 0 Å². The van der Waals surface area contributed by atoms with Crippen LogP contribution in [0.3, 0.4) is 0 Å². The molecule has 1 aliphatic rings. The minimum Gasteiger partial charge on any atom is -0.351 e. The van der Waals surface area contributed by atoms with Crippen LogP contribution in [0.4, 0.5) is 5.13 Å². The van der Waals surface area contributed by atoms with Gasteiger partial charge in [0.15, 0.2) is 5.13 Å². The van der Waals surface area contributed by atoms with Gasteiger partial charge in [-0.25, -0.2) is 4.98 Å². The van der Waals surface area contributed by atoms with Crippen molar-refractivity contribution in [3.63, 3.8) is 0 Å². The highest BCUT2D eigenvalue weighted by atomic mass is 35.5. The summed E-state index contributed by atoms with van der Waals surface area (Å²) in [5, 5.41) is 4.55. The van der Waals surface area contributed by atoms with E-state index in [-0.39, 0.29) is 12.4 Å². The molecule has 18 heavy (non-hydrogen) atoms. The van der Waals surface area contributed by atoms with Gasteiger partial charge in [0, 0.05) is 13.6 Å². The van der Waals surface area contributed by atoms with Gasteiger partial charge >= 0.3 is 0 Å². The number of nitrogens with one attached hydrogen (secondary N) is 1. The number of anilines is 1. The van der Waals surface area contributed by atoms with Gasteiger partial charge in [0.25, 0.3) is 0 Å². The predicted octanol–water partition coefficient (Wildman–Crippen LogP) is 2.76. The Labute approximate surface area is 118 Å². The van der Waals surface area contributed by atoms with Gasteiger partial charge in [-0.1, -0.05) is 23.5 Å². The van der Waals surface area contributed by atoms with Gasteiger partial charge in [-0.15, -0.1) is 12.4 Å². The fourth-order valence-corrected chi connectivity index (χ4v) is 3.29. The third-order valence-corrected chi connectivity index (χ3v) is 4.45. The molecule has 98 valence electrons. The van der Waals surface area contributed by atoms with Gasteiger partial charge in [-0.05, 0) is 37.6 Å². The second-order valence-electron chi connectivity index (χ2n) is 4.70. The van der Waals surface area contributed by atoms with E-state index >= 15 is 0 Å². The zero-order valence-corrected chi connectivity index (χ0v) is 12.1. The van der Waals surface area contributed by atoms with E-state index in [0.29, 0.717) is 0 Å². The predicted molar refractivity (Wildman–Crippen MR) is 81.1 cm³/mol. The molecule has 1 unspecified atom stereocenters. The maximum Gasteiger partial charge on any atom is 0.186 e. The van der Waals surface area contributed by atoms with Crippen LogP contribution in [0.25, 0.3) is 10.2 Å². The van der Waals surface area contributed by atoms with Crippen LogP contribution >= 0.6 is 23.7 Å². The van der Waals surface area contributed by atoms with Crippen molar-refractivity contribution < 1.29 is 0 Å². The van der Waals surface area contributed by atoms with Gasteiger partial charge in [0.1, 0.15) is 0 Å². The lowest BCUT2D eigenvalue weighted by molar-refractivity contribution is 0.578. The highest BCUT2D eigenvalue weighted by Crippen LogP contribution is 2.28. The first-order valence-corrected chi connectivity index (χ1v) is 6.92. The highest BCUT2D eigenvalue weighted by Gasteiger charge is 2.18. The first kappa shape index (κ1) is 13.6. The van der Waals surface area contributed by atoms with Crippen LogP contribution in [0, 0.1) is 5.92 Å². The van der Waals surface area contributed by atoms with Crippen molar-refractivity contribution >= 4 is 39.1 Å². The quantitative estimate of drug-likeness (QED) is 0.939. The zero-order chi connectivity index (χ0) is 11.7. The second kappa shape index (κ2) is 5.87. The molecule has 3 rings (SSSR count). The molecule has 0 bridgehead atoms. The van der Waals surface area contributed by atoms with Gasteiger partial charge in [0.05, 0.1) is 10.2 Å². The van der Waals surface area contributed by atoms with Gasteiger partial charge in [-0.2, -0.15) is 0 Å². The molecule has 1 fully saturated rings. The minimum absolute atomic E-state index is 0. The lowest BCUT2D eigenvalue weighted by Gasteiger charge is -2.19. The molecule has 2 heterocycles. The fraction of sp³-hybridized carbons (Fsp3) is 0.462. The molecule has 0 amide bonds. The van der Waals surface area contributed by atoms with E-state index in [2.05, 4.69) is 40.4 Å². The van der Waals surface area contributed by atoms with E-state index in [0.717, 1.165) is 29.7 Å². The van der Waals surface area contributed by atoms with Crippen molar-refractivity contribution in [2.45, 2.75) is 6.42 Å². The number of aromatic nitrogens is 1. The van der Waals surface area contributed by atoms with Crippen molar-refractivity contribution in [1.29, 1.82) is 0 Å². The molecule has 0 saturated carbocycles. The second-order valence-corrected chi connectivity index (χ2v) is 5.71. The lowest BCUT2D eigenvalue weighted by Crippen LogP contribution is -2.26. The number of hydrogen-bond donors (Lipinski definition) is 1. The summed E-state index contributed by atoms with van der Waals surface area (Å²) in [6.45, 7) is 3.42. The van der Waals surface area contributed by atoms with Crippen LogP contribution in [0.2, 0.25) is 0 Å². The summed E-state index contributed by atoms with van der Waals surface area (Å²) in [5.74, 6) is 0.770. The molecule has 1 aromatic heterocycles. The molecule has 5 heteroatoms. The summed E-state index contributed by atoms with van der Waals surface area (Å²) in [4.78, 5) is 6.97. The summed E-state index contributed by atoms with van der Waals surface area (Å²) in [7, 11) is 2.15. The summed E-state index contributed by atoms with van der Waals surface area (Å²) < 4.78 is 1.28. The van der Waals surface area contributed by atoms with E-state index in [9.17, 15) is 0 Å². The van der Waals surface area contributed by atoms with E-state index in [1.165, 1.54) is 17.7 Å². The summed E-state index contributed by atoms with van der Waals surface area (Å²) in [5.41, 5.74) is 1.11. The maximum absolute atomic E-state index is 4.68. The molecule has 2 aromatic rings. The van der Waals surface area contributed by atoms with E-state index in [1.54, 1.807) is 11.3 Å². The molecular weight excluding hydrogens is 266 g/mol. The average molecular weight is 284 g/mol. The third-order valence-electron chi connectivity index (χ3n) is 3.30. The number of nitrogens with zero attached hydrogens (tertiary/aromatic N) is 2. The summed E-state index contributed by atoms with van der Waals surface area (Å²) in [6, 6.07) is 8.35. The molecule has 1 atom stereocenters. The normalized spacial score (nSPS) is 18.8. The Hall–Kier alpha value is -0.840. The molecule has 3 nitrogen and oxygen atoms in total. The van der Waals surface area contributed by atoms with Crippen molar-refractivity contribution in [3.05, 3.63) is 24.3 Å². The van der Waals surface area contributed by atoms with Crippen LogP contribution in [-0.4, -0.2) is 31.7 Å². The monoisotopic (exact) mass is 283 g/mol. The van der Waals surface area contributed by atoms with Crippen LogP contribution in [0.5, 0.6) is 0 Å². The molecular formula is C13H18ClN3S. The number of para-hydroxylation sites is 1. The number of rotatable bonds is 3. The Morgan fingerprint density at radius 3 is 3.00 bits per heavy atom. The number of thiazole rings is 1. The average Bonchev–Trinajstić information content (AvgIpc) is 2.96. The first-order valence-electron chi connectivity index (χ1n) is 6.10. The Morgan fingerprint density at radius 2 is 2.28 bits per heavy atom. The number of halogens is 1. The van der Waals surface area contributed by atoms with Crippen molar-refractivity contribution in [3.8, 4) is 0 Å². The largest absolute Gasteiger partial charge is 0.351 e. The van der Waals surface area contributed by atoms with Crippen molar-refractivity contribution in [2.24, 2.45) is 5.92 Å². The Bertz CT molecular complexity index is 475. The smallest absolute Gasteiger partial charge is 0.186 e. The summed E-state index contributed by atoms with van der Waals surface area (Å²) >= 11 is 1.78. The topological polar surface area (TPSA) is 28.2 Å². The first-order chi connectivity index (χ1) is 8.33. The van der Waals surface area contributed by atoms with Crippen molar-refractivity contribution in [2.75, 3.05) is 31.6 Å². The lowest BCUT2D eigenvalue weighted by atomic mass is 10.1. The Balaban J connectivity index is 0.00000120. The molecule has 0 aliphatic carbocycles. The minimum atomic E-state index is 0. The highest BCUT2D eigenvalue weighted by molar-refractivity contribution is 7.22. The molecule has 1 N–H and O–H groups in total. The van der Waals surface area contributed by atoms with Gasteiger partial charge < -0.3 is 10.2 Å². The Kier molecular flexibility index (Phi) is 4.43. The van der Waals surface area contributed by atoms with E-state index in [4.69, 9.17) is 0 Å². The van der Waals surface area contributed by atoms with Crippen LogP contribution in [0.1, 0.15) is 6.42 Å². The SMILES string of the molecule is CN(CC1CCNC1)c1nc2ccccc2s1.Cl. The molecule has 1 aliphatic heterocycles. The molecule has 1 aromatic carbocycles. The van der Waals surface area contributed by atoms with Crippen molar-refractivity contribution in [1.82, 2.24) is 10.3 Å². The number of fused-ring (bicyclic) bond motifs is 1. The zero-order valence-electron chi connectivity index (χ0n) is 10.4. The molecule has 1 saturated heterocycles. The van der Waals surface area contributed by atoms with Crippen LogP contribution < -0.4 is 10.2 Å². The third kappa shape index (κ3) is 2.76. The van der Waals surface area contributed by atoms with Gasteiger partial charge in [-0.3, -0.25) is 0 Å². The summed E-state index contributed by atoms with van der Waals surface area (Å²) in [6.07, 6.45) is 1.29. The molecule has 0 radical (unpaired) electrons.